The van der Waals surface area contributed by atoms with Gasteiger partial charge in [-0.15, -0.1) is 0 Å². The number of hydrogen-bond donors (Lipinski definition) is 0. The van der Waals surface area contributed by atoms with Gasteiger partial charge in [0, 0.05) is 17.6 Å². The lowest BCUT2D eigenvalue weighted by Gasteiger charge is -1.99. The molecule has 2 aromatic carbocycles. The number of fused-ring (bicyclic) bond motifs is 1. The van der Waals surface area contributed by atoms with Gasteiger partial charge in [0.25, 0.3) is 0 Å². The molecule has 3 rings (SSSR count). The van der Waals surface area contributed by atoms with Crippen LogP contribution in [0.4, 0.5) is 0 Å². The van der Waals surface area contributed by atoms with E-state index < -0.39 is 0 Å². The molecule has 0 fully saturated rings. The number of rotatable bonds is 2. The number of ketones is 1. The molecule has 0 saturated carbocycles. The molecule has 0 saturated heterocycles. The Bertz CT molecular complexity index is 648. The van der Waals surface area contributed by atoms with Crippen LogP contribution in [-0.4, -0.2) is 5.78 Å². The fraction of sp³-hybridized carbons (Fsp3) is 0.167. The Balaban J connectivity index is 1.92. The second-order valence-electron chi connectivity index (χ2n) is 4.93. The molecule has 0 N–H and O–H groups in total. The molecule has 1 aliphatic carbocycles. The Hall–Kier alpha value is -2.15. The third-order valence-corrected chi connectivity index (χ3v) is 3.66. The van der Waals surface area contributed by atoms with Gasteiger partial charge in [0.15, 0.2) is 5.78 Å². The molecular weight excluding hydrogens is 232 g/mol. The SMILES string of the molecule is CCc1ccc(/C=C2/Cc3ccccc3C2=O)cc1. The third kappa shape index (κ3) is 2.24. The lowest BCUT2D eigenvalue weighted by molar-refractivity contribution is 0.104. The van der Waals surface area contributed by atoms with Gasteiger partial charge in [-0.25, -0.2) is 0 Å². The number of allylic oxidation sites excluding steroid dienone is 1. The summed E-state index contributed by atoms with van der Waals surface area (Å²) in [5, 5.41) is 0. The third-order valence-electron chi connectivity index (χ3n) is 3.66. The van der Waals surface area contributed by atoms with E-state index in [0.29, 0.717) is 0 Å². The molecule has 0 amide bonds. The van der Waals surface area contributed by atoms with Crippen molar-refractivity contribution in [1.82, 2.24) is 0 Å². The predicted molar refractivity (Wildman–Crippen MR) is 78.3 cm³/mol. The Labute approximate surface area is 113 Å². The topological polar surface area (TPSA) is 17.1 Å². The van der Waals surface area contributed by atoms with Crippen LogP contribution in [0, 0.1) is 0 Å². The van der Waals surface area contributed by atoms with E-state index in [9.17, 15) is 4.79 Å². The molecule has 0 aliphatic heterocycles. The van der Waals surface area contributed by atoms with Crippen LogP contribution in [0.2, 0.25) is 0 Å². The molecule has 0 heterocycles. The summed E-state index contributed by atoms with van der Waals surface area (Å²) in [6.07, 6.45) is 3.81. The van der Waals surface area contributed by atoms with Crippen molar-refractivity contribution < 1.29 is 4.79 Å². The van der Waals surface area contributed by atoms with Crippen LogP contribution in [0.25, 0.3) is 6.08 Å². The summed E-state index contributed by atoms with van der Waals surface area (Å²) in [4.78, 5) is 12.3. The lowest BCUT2D eigenvalue weighted by atomic mass is 10.1. The minimum Gasteiger partial charge on any atom is -0.289 e. The van der Waals surface area contributed by atoms with E-state index in [2.05, 4.69) is 31.2 Å². The van der Waals surface area contributed by atoms with Crippen LogP contribution in [0.15, 0.2) is 54.1 Å². The van der Waals surface area contributed by atoms with Crippen LogP contribution >= 0.6 is 0 Å². The van der Waals surface area contributed by atoms with E-state index in [1.54, 1.807) is 0 Å². The maximum absolute atomic E-state index is 12.3. The summed E-state index contributed by atoms with van der Waals surface area (Å²) >= 11 is 0. The van der Waals surface area contributed by atoms with Crippen molar-refractivity contribution in [2.45, 2.75) is 19.8 Å². The van der Waals surface area contributed by atoms with Crippen LogP contribution in [0.3, 0.4) is 0 Å². The monoisotopic (exact) mass is 248 g/mol. The highest BCUT2D eigenvalue weighted by molar-refractivity contribution is 6.15. The molecule has 1 aliphatic rings. The molecule has 0 bridgehead atoms. The Morgan fingerprint density at radius 3 is 2.47 bits per heavy atom. The minimum atomic E-state index is 0.176. The first kappa shape index (κ1) is 11.9. The lowest BCUT2D eigenvalue weighted by Crippen LogP contribution is -1.94. The average molecular weight is 248 g/mol. The fourth-order valence-corrected chi connectivity index (χ4v) is 2.52. The fourth-order valence-electron chi connectivity index (χ4n) is 2.52. The Morgan fingerprint density at radius 2 is 1.79 bits per heavy atom. The van der Waals surface area contributed by atoms with Gasteiger partial charge < -0.3 is 0 Å². The number of Topliss-reactive ketones (excluding diaryl/α,β-unsaturated/α-hetero) is 1. The van der Waals surface area contributed by atoms with Crippen LogP contribution in [-0.2, 0) is 12.8 Å². The van der Waals surface area contributed by atoms with Gasteiger partial charge in [0.2, 0.25) is 0 Å². The van der Waals surface area contributed by atoms with Gasteiger partial charge in [-0.05, 0) is 29.2 Å². The number of carbonyl (C=O) groups is 1. The van der Waals surface area contributed by atoms with Crippen molar-refractivity contribution in [3.63, 3.8) is 0 Å². The minimum absolute atomic E-state index is 0.176. The molecule has 2 aromatic rings. The van der Waals surface area contributed by atoms with Gasteiger partial charge >= 0.3 is 0 Å². The van der Waals surface area contributed by atoms with Crippen LogP contribution in [0.5, 0.6) is 0 Å². The van der Waals surface area contributed by atoms with E-state index in [-0.39, 0.29) is 5.78 Å². The van der Waals surface area contributed by atoms with Gasteiger partial charge in [0.1, 0.15) is 0 Å². The van der Waals surface area contributed by atoms with Gasteiger partial charge in [0.05, 0.1) is 0 Å². The van der Waals surface area contributed by atoms with E-state index in [4.69, 9.17) is 0 Å². The molecule has 1 nitrogen and oxygen atoms in total. The standard InChI is InChI=1S/C18H16O/c1-2-13-7-9-14(10-8-13)11-16-12-15-5-3-4-6-17(15)18(16)19/h3-11H,2,12H2,1H3/b16-11-. The first-order chi connectivity index (χ1) is 9.28. The zero-order valence-corrected chi connectivity index (χ0v) is 11.0. The number of carbonyl (C=O) groups excluding carboxylic acids is 1. The second kappa shape index (κ2) is 4.85. The van der Waals surface area contributed by atoms with Gasteiger partial charge in [-0.3, -0.25) is 4.79 Å². The molecule has 19 heavy (non-hydrogen) atoms. The van der Waals surface area contributed by atoms with Gasteiger partial charge in [-0.2, -0.15) is 0 Å². The summed E-state index contributed by atoms with van der Waals surface area (Å²) in [5.41, 5.74) is 5.32. The summed E-state index contributed by atoms with van der Waals surface area (Å²) in [6, 6.07) is 16.3. The number of hydrogen-bond acceptors (Lipinski definition) is 1. The Kier molecular flexibility index (Phi) is 3.04. The zero-order chi connectivity index (χ0) is 13.2. The van der Waals surface area contributed by atoms with E-state index >= 15 is 0 Å². The van der Waals surface area contributed by atoms with Crippen molar-refractivity contribution in [2.24, 2.45) is 0 Å². The quantitative estimate of drug-likeness (QED) is 0.732. The maximum atomic E-state index is 12.3. The Morgan fingerprint density at radius 1 is 1.05 bits per heavy atom. The smallest absolute Gasteiger partial charge is 0.189 e. The molecule has 0 unspecified atom stereocenters. The molecule has 94 valence electrons. The largest absolute Gasteiger partial charge is 0.289 e. The normalized spacial score (nSPS) is 15.8. The second-order valence-corrected chi connectivity index (χ2v) is 4.93. The average Bonchev–Trinajstić information content (AvgIpc) is 2.77. The van der Waals surface area contributed by atoms with E-state index in [0.717, 1.165) is 35.1 Å². The van der Waals surface area contributed by atoms with Crippen molar-refractivity contribution in [2.75, 3.05) is 0 Å². The summed E-state index contributed by atoms with van der Waals surface area (Å²) < 4.78 is 0. The highest BCUT2D eigenvalue weighted by Gasteiger charge is 2.23. The van der Waals surface area contributed by atoms with Crippen LogP contribution < -0.4 is 0 Å². The zero-order valence-electron chi connectivity index (χ0n) is 11.0. The van der Waals surface area contributed by atoms with E-state index in [1.807, 2.05) is 30.3 Å². The maximum Gasteiger partial charge on any atom is 0.189 e. The number of aryl methyl sites for hydroxylation is 1. The highest BCUT2D eigenvalue weighted by Crippen LogP contribution is 2.27. The van der Waals surface area contributed by atoms with Crippen molar-refractivity contribution in [3.8, 4) is 0 Å². The number of benzene rings is 2. The van der Waals surface area contributed by atoms with Crippen molar-refractivity contribution in [3.05, 3.63) is 76.4 Å². The first-order valence-corrected chi connectivity index (χ1v) is 6.70. The molecular formula is C18H16O. The molecule has 0 aromatic heterocycles. The molecule has 0 atom stereocenters. The highest BCUT2D eigenvalue weighted by atomic mass is 16.1. The van der Waals surface area contributed by atoms with Crippen LogP contribution in [0.1, 0.15) is 34.0 Å². The summed E-state index contributed by atoms with van der Waals surface area (Å²) in [5.74, 6) is 0.176. The molecule has 0 spiro atoms. The molecule has 1 heteroatoms. The molecule has 0 radical (unpaired) electrons. The van der Waals surface area contributed by atoms with Crippen molar-refractivity contribution in [1.29, 1.82) is 0 Å². The van der Waals surface area contributed by atoms with Crippen molar-refractivity contribution >= 4 is 11.9 Å². The predicted octanol–water partition coefficient (Wildman–Crippen LogP) is 4.07. The summed E-state index contributed by atoms with van der Waals surface area (Å²) in [6.45, 7) is 2.14. The van der Waals surface area contributed by atoms with Gasteiger partial charge in [-0.1, -0.05) is 55.5 Å². The van der Waals surface area contributed by atoms with E-state index in [1.165, 1.54) is 5.56 Å². The first-order valence-electron chi connectivity index (χ1n) is 6.70. The summed E-state index contributed by atoms with van der Waals surface area (Å²) in [7, 11) is 0.